The third kappa shape index (κ3) is 5.10. The number of thiol groups is 1. The number of nitrogens with zero attached hydrogens (tertiary/aromatic N) is 1. The van der Waals surface area contributed by atoms with Crippen molar-refractivity contribution in [2.24, 2.45) is 5.73 Å². The highest BCUT2D eigenvalue weighted by Crippen LogP contribution is 2.18. The molecule has 5 N–H and O–H groups in total. The second-order valence-corrected chi connectivity index (χ2v) is 5.63. The molecule has 3 amide bonds. The molecule has 0 saturated carbocycles. The fraction of sp³-hybridized carbons (Fsp3) is 0.692. The van der Waals surface area contributed by atoms with E-state index in [1.165, 1.54) is 11.8 Å². The Balaban J connectivity index is 2.64. The van der Waals surface area contributed by atoms with Crippen molar-refractivity contribution in [3.05, 3.63) is 0 Å². The van der Waals surface area contributed by atoms with Gasteiger partial charge in [-0.15, -0.1) is 0 Å². The molecule has 0 bridgehead atoms. The summed E-state index contributed by atoms with van der Waals surface area (Å²) in [5, 5.41) is 14.0. The fourth-order valence-corrected chi connectivity index (χ4v) is 2.62. The van der Waals surface area contributed by atoms with Gasteiger partial charge in [-0.05, 0) is 19.8 Å². The Kier molecular flexibility index (Phi) is 7.30. The molecule has 23 heavy (non-hydrogen) atoms. The van der Waals surface area contributed by atoms with Gasteiger partial charge in [0.15, 0.2) is 0 Å². The molecule has 0 radical (unpaired) electrons. The number of nitrogens with one attached hydrogen (secondary N) is 2. The number of carboxylic acids is 1. The van der Waals surface area contributed by atoms with E-state index in [1.807, 2.05) is 0 Å². The highest BCUT2D eigenvalue weighted by atomic mass is 32.1. The monoisotopic (exact) mass is 346 g/mol. The molecule has 3 atom stereocenters. The van der Waals surface area contributed by atoms with Crippen LogP contribution in [0.15, 0.2) is 0 Å². The smallest absolute Gasteiger partial charge is 0.326 e. The molecule has 1 aliphatic heterocycles. The van der Waals surface area contributed by atoms with Crippen LogP contribution in [0.3, 0.4) is 0 Å². The average Bonchev–Trinajstić information content (AvgIpc) is 3.00. The van der Waals surface area contributed by atoms with E-state index in [0.717, 1.165) is 0 Å². The van der Waals surface area contributed by atoms with E-state index in [1.54, 1.807) is 0 Å². The number of aliphatic carboxylic acids is 1. The van der Waals surface area contributed by atoms with Gasteiger partial charge in [-0.2, -0.15) is 12.6 Å². The number of hydrogen-bond acceptors (Lipinski definition) is 6. The van der Waals surface area contributed by atoms with E-state index in [4.69, 9.17) is 10.8 Å². The van der Waals surface area contributed by atoms with Crippen LogP contribution < -0.4 is 16.4 Å². The van der Waals surface area contributed by atoms with Crippen LogP contribution in [0.4, 0.5) is 0 Å². The van der Waals surface area contributed by atoms with Crippen molar-refractivity contribution in [3.8, 4) is 0 Å². The minimum absolute atomic E-state index is 0.0416. The van der Waals surface area contributed by atoms with Gasteiger partial charge < -0.3 is 26.4 Å². The maximum Gasteiger partial charge on any atom is 0.326 e. The van der Waals surface area contributed by atoms with Gasteiger partial charge in [0.1, 0.15) is 18.1 Å². The number of nitrogens with two attached hydrogens (primary N) is 1. The average molecular weight is 346 g/mol. The van der Waals surface area contributed by atoms with E-state index in [2.05, 4.69) is 23.3 Å². The molecule has 130 valence electrons. The van der Waals surface area contributed by atoms with Gasteiger partial charge in [0.25, 0.3) is 0 Å². The third-order valence-corrected chi connectivity index (χ3v) is 3.93. The second-order valence-electron chi connectivity index (χ2n) is 5.26. The zero-order valence-electron chi connectivity index (χ0n) is 12.8. The van der Waals surface area contributed by atoms with Crippen molar-refractivity contribution in [2.75, 3.05) is 18.8 Å². The summed E-state index contributed by atoms with van der Waals surface area (Å²) in [4.78, 5) is 48.0. The zero-order valence-corrected chi connectivity index (χ0v) is 13.7. The quantitative estimate of drug-likeness (QED) is 0.336. The minimum Gasteiger partial charge on any atom is -0.480 e. The lowest BCUT2D eigenvalue weighted by molar-refractivity contribution is -0.149. The molecule has 0 aromatic carbocycles. The summed E-state index contributed by atoms with van der Waals surface area (Å²) in [5.41, 5.74) is 5.17. The Morgan fingerprint density at radius 2 is 2.00 bits per heavy atom. The topological polar surface area (TPSA) is 142 Å². The Morgan fingerprint density at radius 3 is 2.52 bits per heavy atom. The largest absolute Gasteiger partial charge is 0.480 e. The van der Waals surface area contributed by atoms with Crippen LogP contribution in [-0.2, 0) is 19.2 Å². The molecule has 1 saturated heterocycles. The molecule has 0 aliphatic carbocycles. The maximum absolute atomic E-state index is 12.3. The van der Waals surface area contributed by atoms with Crippen LogP contribution in [0.1, 0.15) is 19.8 Å². The summed E-state index contributed by atoms with van der Waals surface area (Å²) >= 11 is 3.98. The van der Waals surface area contributed by atoms with Crippen LogP contribution in [-0.4, -0.2) is 70.7 Å². The Bertz CT molecular complexity index is 487. The van der Waals surface area contributed by atoms with Crippen LogP contribution >= 0.6 is 12.6 Å². The first-order valence-corrected chi connectivity index (χ1v) is 7.89. The van der Waals surface area contributed by atoms with Crippen molar-refractivity contribution in [1.82, 2.24) is 15.5 Å². The molecule has 1 aliphatic rings. The maximum atomic E-state index is 12.3. The number of likely N-dealkylation sites (tertiary alicyclic amines) is 1. The number of amides is 3. The molecule has 1 rings (SSSR count). The molecule has 1 heterocycles. The SMILES string of the molecule is CC(NC(=O)C(CS)NC(=O)CN)C(=O)N1CCCC1C(=O)O. The summed E-state index contributed by atoms with van der Waals surface area (Å²) < 4.78 is 0. The molecular weight excluding hydrogens is 324 g/mol. The van der Waals surface area contributed by atoms with Crippen molar-refractivity contribution in [2.45, 2.75) is 37.9 Å². The molecule has 0 aromatic heterocycles. The molecule has 9 nitrogen and oxygen atoms in total. The van der Waals surface area contributed by atoms with Crippen molar-refractivity contribution in [3.63, 3.8) is 0 Å². The van der Waals surface area contributed by atoms with Gasteiger partial charge in [-0.1, -0.05) is 0 Å². The first-order valence-electron chi connectivity index (χ1n) is 7.25. The standard InChI is InChI=1S/C13H22N4O5S/c1-7(12(20)17-4-2-3-9(17)13(21)22)15-11(19)8(6-23)16-10(18)5-14/h7-9,23H,2-6,14H2,1H3,(H,15,19)(H,16,18)(H,21,22). The fourth-order valence-electron chi connectivity index (χ4n) is 2.36. The number of hydrogen-bond donors (Lipinski definition) is 5. The van der Waals surface area contributed by atoms with Gasteiger partial charge in [0.05, 0.1) is 6.54 Å². The van der Waals surface area contributed by atoms with E-state index < -0.39 is 41.8 Å². The number of rotatable bonds is 7. The normalized spacial score (nSPS) is 19.8. The molecule has 10 heteroatoms. The van der Waals surface area contributed by atoms with Crippen molar-refractivity contribution >= 4 is 36.3 Å². The lowest BCUT2D eigenvalue weighted by Gasteiger charge is -2.26. The van der Waals surface area contributed by atoms with Crippen LogP contribution in [0.5, 0.6) is 0 Å². The first kappa shape index (κ1) is 19.2. The minimum atomic E-state index is -1.06. The lowest BCUT2D eigenvalue weighted by atomic mass is 10.2. The third-order valence-electron chi connectivity index (χ3n) is 3.57. The van der Waals surface area contributed by atoms with Crippen LogP contribution in [0, 0.1) is 0 Å². The molecule has 1 fully saturated rings. The van der Waals surface area contributed by atoms with Crippen LogP contribution in [0.25, 0.3) is 0 Å². The predicted octanol–water partition coefficient (Wildman–Crippen LogP) is -2.06. The van der Waals surface area contributed by atoms with Crippen LogP contribution in [0.2, 0.25) is 0 Å². The Labute approximate surface area is 139 Å². The summed E-state index contributed by atoms with van der Waals surface area (Å²) in [7, 11) is 0. The van der Waals surface area contributed by atoms with E-state index in [9.17, 15) is 19.2 Å². The van der Waals surface area contributed by atoms with Crippen molar-refractivity contribution < 1.29 is 24.3 Å². The second kappa shape index (κ2) is 8.73. The number of carbonyl (C=O) groups is 4. The van der Waals surface area contributed by atoms with E-state index in [0.29, 0.717) is 19.4 Å². The number of carbonyl (C=O) groups excluding carboxylic acids is 3. The predicted molar refractivity (Wildman–Crippen MR) is 84.8 cm³/mol. The van der Waals surface area contributed by atoms with Gasteiger partial charge in [-0.3, -0.25) is 14.4 Å². The van der Waals surface area contributed by atoms with E-state index in [-0.39, 0.29) is 12.3 Å². The molecular formula is C13H22N4O5S. The highest BCUT2D eigenvalue weighted by molar-refractivity contribution is 7.80. The molecule has 0 aromatic rings. The van der Waals surface area contributed by atoms with E-state index >= 15 is 0 Å². The Morgan fingerprint density at radius 1 is 1.35 bits per heavy atom. The lowest BCUT2D eigenvalue weighted by Crippen LogP contribution is -2.55. The molecule has 0 spiro atoms. The number of carboxylic acid groups (broad SMARTS) is 1. The van der Waals surface area contributed by atoms with Gasteiger partial charge >= 0.3 is 5.97 Å². The van der Waals surface area contributed by atoms with Gasteiger partial charge in [0.2, 0.25) is 17.7 Å². The van der Waals surface area contributed by atoms with Gasteiger partial charge in [0, 0.05) is 12.3 Å². The zero-order chi connectivity index (χ0) is 17.6. The summed E-state index contributed by atoms with van der Waals surface area (Å²) in [6, 6.07) is -2.68. The molecule has 3 unspecified atom stereocenters. The highest BCUT2D eigenvalue weighted by Gasteiger charge is 2.36. The first-order chi connectivity index (χ1) is 10.8. The summed E-state index contributed by atoms with van der Waals surface area (Å²) in [6.07, 6.45) is 1.00. The van der Waals surface area contributed by atoms with Crippen molar-refractivity contribution in [1.29, 1.82) is 0 Å². The summed E-state index contributed by atoms with van der Waals surface area (Å²) in [5.74, 6) is -2.57. The summed E-state index contributed by atoms with van der Waals surface area (Å²) in [6.45, 7) is 1.55. The van der Waals surface area contributed by atoms with Gasteiger partial charge in [-0.25, -0.2) is 4.79 Å². The Hall–Kier alpha value is -1.81.